The molecule has 2 aromatic carbocycles. The molecule has 0 saturated carbocycles. The first kappa shape index (κ1) is 19.9. The Morgan fingerprint density at radius 2 is 1.54 bits per heavy atom. The van der Waals surface area contributed by atoms with Crippen molar-refractivity contribution in [2.45, 2.75) is 45.6 Å². The molecular formula is C23H28N2O3. The van der Waals surface area contributed by atoms with Gasteiger partial charge >= 0.3 is 0 Å². The third-order valence-corrected chi connectivity index (χ3v) is 5.02. The number of rotatable bonds is 6. The van der Waals surface area contributed by atoms with Gasteiger partial charge in [0.15, 0.2) is 6.10 Å². The zero-order chi connectivity index (χ0) is 20.1. The van der Waals surface area contributed by atoms with E-state index < -0.39 is 6.10 Å². The highest BCUT2D eigenvalue weighted by Crippen LogP contribution is 2.20. The minimum Gasteiger partial charge on any atom is -0.481 e. The minimum absolute atomic E-state index is 0.0527. The van der Waals surface area contributed by atoms with E-state index in [1.54, 1.807) is 31.2 Å². The monoisotopic (exact) mass is 380 g/mol. The zero-order valence-electron chi connectivity index (χ0n) is 16.8. The van der Waals surface area contributed by atoms with E-state index in [9.17, 15) is 9.59 Å². The average molecular weight is 380 g/mol. The van der Waals surface area contributed by atoms with Crippen molar-refractivity contribution in [3.05, 3.63) is 59.7 Å². The summed E-state index contributed by atoms with van der Waals surface area (Å²) >= 11 is 0. The number of nitrogens with one attached hydrogen (secondary N) is 1. The summed E-state index contributed by atoms with van der Waals surface area (Å²) in [5.74, 6) is 0.942. The molecule has 0 unspecified atom stereocenters. The Bertz CT molecular complexity index is 807. The van der Waals surface area contributed by atoms with Gasteiger partial charge in [-0.15, -0.1) is 0 Å². The van der Waals surface area contributed by atoms with Gasteiger partial charge in [0.1, 0.15) is 5.75 Å². The van der Waals surface area contributed by atoms with Crippen LogP contribution < -0.4 is 10.1 Å². The number of anilines is 1. The van der Waals surface area contributed by atoms with Gasteiger partial charge in [0.2, 0.25) is 0 Å². The highest BCUT2D eigenvalue weighted by Gasteiger charge is 2.20. The van der Waals surface area contributed by atoms with E-state index in [0.29, 0.717) is 22.9 Å². The van der Waals surface area contributed by atoms with Gasteiger partial charge in [0, 0.05) is 24.3 Å². The summed E-state index contributed by atoms with van der Waals surface area (Å²) in [6.45, 7) is 7.64. The minimum atomic E-state index is -0.629. The van der Waals surface area contributed by atoms with Crippen molar-refractivity contribution in [1.29, 1.82) is 0 Å². The largest absolute Gasteiger partial charge is 0.481 e. The third kappa shape index (κ3) is 4.91. The second-order valence-corrected chi connectivity index (χ2v) is 7.55. The maximum absolute atomic E-state index is 12.4. The number of amides is 2. The number of carbonyl (C=O) groups is 2. The van der Waals surface area contributed by atoms with E-state index in [4.69, 9.17) is 4.74 Å². The standard InChI is InChI=1S/C23H28N2O3/c1-16(2)18-8-12-21(13-9-18)28-17(3)22(26)24-20-10-6-19(7-11-20)23(27)25-14-4-5-15-25/h6-13,16-17H,4-5,14-15H2,1-3H3,(H,24,26)/t17-/m0/s1. The first-order chi connectivity index (χ1) is 13.4. The van der Waals surface area contributed by atoms with E-state index in [1.165, 1.54) is 5.56 Å². The first-order valence-electron chi connectivity index (χ1n) is 9.91. The summed E-state index contributed by atoms with van der Waals surface area (Å²) < 4.78 is 5.74. The quantitative estimate of drug-likeness (QED) is 0.805. The lowest BCUT2D eigenvalue weighted by Crippen LogP contribution is -2.30. The summed E-state index contributed by atoms with van der Waals surface area (Å²) in [5, 5.41) is 2.84. The number of benzene rings is 2. The fourth-order valence-corrected chi connectivity index (χ4v) is 3.23. The maximum atomic E-state index is 12.4. The molecule has 148 valence electrons. The van der Waals surface area contributed by atoms with Crippen molar-refractivity contribution >= 4 is 17.5 Å². The Morgan fingerprint density at radius 3 is 2.11 bits per heavy atom. The second kappa shape index (κ2) is 8.91. The van der Waals surface area contributed by atoms with Crippen LogP contribution in [0.1, 0.15) is 55.5 Å². The van der Waals surface area contributed by atoms with Crippen LogP contribution in [0.25, 0.3) is 0 Å². The Hall–Kier alpha value is -2.82. The average Bonchev–Trinajstić information content (AvgIpc) is 3.23. The maximum Gasteiger partial charge on any atom is 0.265 e. The van der Waals surface area contributed by atoms with E-state index in [0.717, 1.165) is 25.9 Å². The van der Waals surface area contributed by atoms with Crippen LogP contribution in [0.2, 0.25) is 0 Å². The highest BCUT2D eigenvalue weighted by molar-refractivity contribution is 5.97. The molecule has 1 N–H and O–H groups in total. The Labute approximate surface area is 166 Å². The van der Waals surface area contributed by atoms with Crippen LogP contribution in [0.4, 0.5) is 5.69 Å². The van der Waals surface area contributed by atoms with Crippen LogP contribution in [0, 0.1) is 0 Å². The molecule has 0 radical (unpaired) electrons. The Morgan fingerprint density at radius 1 is 0.929 bits per heavy atom. The smallest absolute Gasteiger partial charge is 0.265 e. The highest BCUT2D eigenvalue weighted by atomic mass is 16.5. The molecule has 1 aliphatic heterocycles. The van der Waals surface area contributed by atoms with Crippen LogP contribution >= 0.6 is 0 Å². The van der Waals surface area contributed by atoms with Gasteiger partial charge in [-0.05, 0) is 67.6 Å². The van der Waals surface area contributed by atoms with Crippen molar-refractivity contribution < 1.29 is 14.3 Å². The molecule has 1 saturated heterocycles. The summed E-state index contributed by atoms with van der Waals surface area (Å²) in [4.78, 5) is 26.7. The van der Waals surface area contributed by atoms with Gasteiger partial charge in [-0.2, -0.15) is 0 Å². The molecule has 1 fully saturated rings. The first-order valence-corrected chi connectivity index (χ1v) is 9.91. The van der Waals surface area contributed by atoms with Crippen LogP contribution in [-0.4, -0.2) is 35.9 Å². The molecule has 1 heterocycles. The Kier molecular flexibility index (Phi) is 6.34. The molecule has 5 heteroatoms. The number of carbonyl (C=O) groups excluding carboxylic acids is 2. The van der Waals surface area contributed by atoms with Crippen LogP contribution in [0.3, 0.4) is 0 Å². The summed E-state index contributed by atoms with van der Waals surface area (Å²) in [6.07, 6.45) is 1.51. The van der Waals surface area contributed by atoms with Crippen LogP contribution in [-0.2, 0) is 4.79 Å². The van der Waals surface area contributed by atoms with Gasteiger partial charge in [-0.1, -0.05) is 26.0 Å². The SMILES string of the molecule is CC(C)c1ccc(O[C@@H](C)C(=O)Nc2ccc(C(=O)N3CCCC3)cc2)cc1. The molecule has 2 aromatic rings. The molecule has 2 amide bonds. The zero-order valence-corrected chi connectivity index (χ0v) is 16.8. The number of hydrogen-bond acceptors (Lipinski definition) is 3. The fourth-order valence-electron chi connectivity index (χ4n) is 3.23. The van der Waals surface area contributed by atoms with E-state index in [-0.39, 0.29) is 11.8 Å². The number of nitrogens with zero attached hydrogens (tertiary/aromatic N) is 1. The van der Waals surface area contributed by atoms with E-state index in [1.807, 2.05) is 29.2 Å². The third-order valence-electron chi connectivity index (χ3n) is 5.02. The van der Waals surface area contributed by atoms with Crippen molar-refractivity contribution in [2.24, 2.45) is 0 Å². The van der Waals surface area contributed by atoms with E-state index >= 15 is 0 Å². The molecule has 0 aromatic heterocycles. The van der Waals surface area contributed by atoms with Crippen molar-refractivity contribution in [3.63, 3.8) is 0 Å². The second-order valence-electron chi connectivity index (χ2n) is 7.55. The summed E-state index contributed by atoms with van der Waals surface area (Å²) in [6, 6.07) is 14.8. The topological polar surface area (TPSA) is 58.6 Å². The number of ether oxygens (including phenoxy) is 1. The van der Waals surface area contributed by atoms with Crippen molar-refractivity contribution in [3.8, 4) is 5.75 Å². The van der Waals surface area contributed by atoms with Gasteiger partial charge < -0.3 is 15.0 Å². The summed E-state index contributed by atoms with van der Waals surface area (Å²) in [7, 11) is 0. The molecular weight excluding hydrogens is 352 g/mol. The summed E-state index contributed by atoms with van der Waals surface area (Å²) in [5.41, 5.74) is 2.52. The molecule has 5 nitrogen and oxygen atoms in total. The van der Waals surface area contributed by atoms with Gasteiger partial charge in [-0.25, -0.2) is 0 Å². The van der Waals surface area contributed by atoms with E-state index in [2.05, 4.69) is 19.2 Å². The van der Waals surface area contributed by atoms with Gasteiger partial charge in [0.05, 0.1) is 0 Å². The molecule has 0 aliphatic carbocycles. The molecule has 1 aliphatic rings. The molecule has 3 rings (SSSR count). The predicted octanol–water partition coefficient (Wildman–Crippen LogP) is 4.45. The number of hydrogen-bond donors (Lipinski definition) is 1. The number of likely N-dealkylation sites (tertiary alicyclic amines) is 1. The molecule has 0 bridgehead atoms. The fraction of sp³-hybridized carbons (Fsp3) is 0.391. The van der Waals surface area contributed by atoms with Crippen LogP contribution in [0.15, 0.2) is 48.5 Å². The predicted molar refractivity (Wildman–Crippen MR) is 111 cm³/mol. The lowest BCUT2D eigenvalue weighted by molar-refractivity contribution is -0.122. The Balaban J connectivity index is 1.55. The van der Waals surface area contributed by atoms with Crippen molar-refractivity contribution in [2.75, 3.05) is 18.4 Å². The van der Waals surface area contributed by atoms with Crippen molar-refractivity contribution in [1.82, 2.24) is 4.90 Å². The van der Waals surface area contributed by atoms with Gasteiger partial charge in [-0.3, -0.25) is 9.59 Å². The van der Waals surface area contributed by atoms with Crippen LogP contribution in [0.5, 0.6) is 5.75 Å². The molecule has 1 atom stereocenters. The van der Waals surface area contributed by atoms with Gasteiger partial charge in [0.25, 0.3) is 11.8 Å². The molecule has 28 heavy (non-hydrogen) atoms. The normalized spacial score (nSPS) is 14.8. The lowest BCUT2D eigenvalue weighted by Gasteiger charge is -2.17. The lowest BCUT2D eigenvalue weighted by atomic mass is 10.0. The molecule has 0 spiro atoms.